The smallest absolute Gasteiger partial charge is 0.321 e. The molecule has 0 bridgehead atoms. The lowest BCUT2D eigenvalue weighted by Crippen LogP contribution is -2.36. The number of aromatic amines is 2. The molecule has 1 unspecified atom stereocenters. The highest BCUT2D eigenvalue weighted by Gasteiger charge is 2.28. The van der Waals surface area contributed by atoms with E-state index in [9.17, 15) is 9.59 Å². The van der Waals surface area contributed by atoms with Gasteiger partial charge in [-0.2, -0.15) is 0 Å². The highest BCUT2D eigenvalue weighted by Crippen LogP contribution is 2.32. The number of carbonyl (C=O) groups excluding carboxylic acids is 1. The Labute approximate surface area is 170 Å². The van der Waals surface area contributed by atoms with Gasteiger partial charge in [-0.15, -0.1) is 0 Å². The largest absolute Gasteiger partial charge is 0.323 e. The number of carbonyl (C=O) groups is 1. The van der Waals surface area contributed by atoms with E-state index in [2.05, 4.69) is 44.5 Å². The van der Waals surface area contributed by atoms with Crippen LogP contribution in [0.1, 0.15) is 53.5 Å². The molecule has 1 aromatic heterocycles. The molecule has 1 saturated heterocycles. The van der Waals surface area contributed by atoms with Crippen molar-refractivity contribution in [2.75, 3.05) is 18.4 Å². The minimum atomic E-state index is -0.357. The van der Waals surface area contributed by atoms with Crippen LogP contribution >= 0.6 is 0 Å². The van der Waals surface area contributed by atoms with Crippen LogP contribution in [0, 0.1) is 0 Å². The quantitative estimate of drug-likeness (QED) is 0.618. The maximum atomic E-state index is 12.8. The number of hydrogen-bond donors (Lipinski definition) is 3. The summed E-state index contributed by atoms with van der Waals surface area (Å²) in [5, 5.41) is 2.85. The molecule has 1 amide bonds. The Kier molecular flexibility index (Phi) is 5.62. The van der Waals surface area contributed by atoms with Gasteiger partial charge in [0.05, 0.1) is 5.69 Å². The first-order valence-corrected chi connectivity index (χ1v) is 10.1. The minimum Gasteiger partial charge on any atom is -0.321 e. The second kappa shape index (κ2) is 8.49. The summed E-state index contributed by atoms with van der Waals surface area (Å²) < 4.78 is 0. The molecule has 0 spiro atoms. The number of H-pyrrole nitrogens is 2. The lowest BCUT2D eigenvalue weighted by atomic mass is 9.89. The molecular weight excluding hydrogens is 364 g/mol. The van der Waals surface area contributed by atoms with Crippen molar-refractivity contribution in [3.63, 3.8) is 0 Å². The lowest BCUT2D eigenvalue weighted by Gasteiger charge is -2.36. The summed E-state index contributed by atoms with van der Waals surface area (Å²) in [5.41, 5.74) is 2.67. The highest BCUT2D eigenvalue weighted by molar-refractivity contribution is 6.03. The molecule has 150 valence electrons. The number of para-hydroxylation sites is 1. The van der Waals surface area contributed by atoms with E-state index in [1.165, 1.54) is 5.56 Å². The maximum absolute atomic E-state index is 12.8. The number of aromatic nitrogens is 2. The summed E-state index contributed by atoms with van der Waals surface area (Å²) in [6.07, 6.45) is 2.13. The molecule has 1 atom stereocenters. The summed E-state index contributed by atoms with van der Waals surface area (Å²) in [6, 6.07) is 19.8. The molecule has 3 aromatic rings. The van der Waals surface area contributed by atoms with Crippen LogP contribution in [-0.2, 0) is 0 Å². The van der Waals surface area contributed by atoms with Crippen LogP contribution in [0.3, 0.4) is 0 Å². The molecule has 0 aliphatic carbocycles. The van der Waals surface area contributed by atoms with Crippen molar-refractivity contribution >= 4 is 11.6 Å². The zero-order valence-corrected chi connectivity index (χ0v) is 16.5. The van der Waals surface area contributed by atoms with Crippen molar-refractivity contribution in [3.05, 3.63) is 88.1 Å². The molecule has 2 aromatic carbocycles. The average Bonchev–Trinajstić information content (AvgIpc) is 3.16. The molecule has 0 saturated carbocycles. The third-order valence-electron chi connectivity index (χ3n) is 5.78. The number of nitrogens with zero attached hydrogens (tertiary/aromatic N) is 1. The Balaban J connectivity index is 1.46. The minimum absolute atomic E-state index is 0.0535. The number of likely N-dealkylation sites (tertiary alicyclic amines) is 1. The van der Waals surface area contributed by atoms with Crippen molar-refractivity contribution in [2.24, 2.45) is 0 Å². The van der Waals surface area contributed by atoms with E-state index in [1.807, 2.05) is 43.3 Å². The molecule has 0 radical (unpaired) electrons. The van der Waals surface area contributed by atoms with Crippen LogP contribution in [0.25, 0.3) is 0 Å². The molecule has 1 aliphatic rings. The Hall–Kier alpha value is -3.12. The van der Waals surface area contributed by atoms with Gasteiger partial charge in [0.2, 0.25) is 0 Å². The average molecular weight is 390 g/mol. The molecule has 6 nitrogen and oxygen atoms in total. The summed E-state index contributed by atoms with van der Waals surface area (Å²) in [6.45, 7) is 3.89. The van der Waals surface area contributed by atoms with E-state index in [-0.39, 0.29) is 17.6 Å². The number of imidazole rings is 1. The van der Waals surface area contributed by atoms with Gasteiger partial charge < -0.3 is 15.3 Å². The summed E-state index contributed by atoms with van der Waals surface area (Å²) >= 11 is 0. The van der Waals surface area contributed by atoms with Crippen LogP contribution in [0.15, 0.2) is 65.5 Å². The van der Waals surface area contributed by atoms with Crippen molar-refractivity contribution < 1.29 is 4.79 Å². The first-order chi connectivity index (χ1) is 14.1. The first-order valence-electron chi connectivity index (χ1n) is 10.1. The van der Waals surface area contributed by atoms with E-state index in [0.717, 1.165) is 25.9 Å². The molecule has 3 N–H and O–H groups in total. The third kappa shape index (κ3) is 4.32. The Morgan fingerprint density at radius 2 is 1.62 bits per heavy atom. The molecule has 4 rings (SSSR count). The fourth-order valence-electron chi connectivity index (χ4n) is 4.13. The fourth-order valence-corrected chi connectivity index (χ4v) is 4.13. The number of benzene rings is 2. The summed E-state index contributed by atoms with van der Waals surface area (Å²) in [5.74, 6) is 0.251. The third-order valence-corrected chi connectivity index (χ3v) is 5.78. The monoisotopic (exact) mass is 390 g/mol. The first kappa shape index (κ1) is 19.2. The van der Waals surface area contributed by atoms with Crippen molar-refractivity contribution in [3.8, 4) is 0 Å². The van der Waals surface area contributed by atoms with Crippen molar-refractivity contribution in [2.45, 2.75) is 31.7 Å². The molecule has 6 heteroatoms. The van der Waals surface area contributed by atoms with Gasteiger partial charge in [-0.3, -0.25) is 9.69 Å². The van der Waals surface area contributed by atoms with Crippen molar-refractivity contribution in [1.29, 1.82) is 0 Å². The van der Waals surface area contributed by atoms with E-state index in [1.54, 1.807) is 0 Å². The van der Waals surface area contributed by atoms with Crippen LogP contribution < -0.4 is 11.0 Å². The van der Waals surface area contributed by atoms with E-state index in [0.29, 0.717) is 23.0 Å². The highest BCUT2D eigenvalue weighted by atomic mass is 16.2. The maximum Gasteiger partial charge on any atom is 0.323 e. The lowest BCUT2D eigenvalue weighted by molar-refractivity contribution is 0.101. The second-order valence-electron chi connectivity index (χ2n) is 7.58. The standard InChI is InChI=1S/C23H26N4O2/c1-16(27-14-12-18(13-15-27)17-8-4-2-5-9-17)20-21(26-23(29)25-20)22(28)24-19-10-6-3-7-11-19/h2-11,16,18H,12-15H2,1H3,(H,24,28)(H2,25,26,29). The van der Waals surface area contributed by atoms with Gasteiger partial charge in [0, 0.05) is 11.7 Å². The van der Waals surface area contributed by atoms with Crippen LogP contribution in [0.2, 0.25) is 0 Å². The number of nitrogens with one attached hydrogen (secondary N) is 3. The number of hydrogen-bond acceptors (Lipinski definition) is 3. The van der Waals surface area contributed by atoms with Crippen LogP contribution in [0.4, 0.5) is 5.69 Å². The SMILES string of the molecule is CC(c1[nH]c(=O)[nH]c1C(=O)Nc1ccccc1)N1CCC(c2ccccc2)CC1. The Bertz CT molecular complexity index is 1000. The molecule has 1 fully saturated rings. The van der Waals surface area contributed by atoms with E-state index in [4.69, 9.17) is 0 Å². The van der Waals surface area contributed by atoms with Gasteiger partial charge >= 0.3 is 5.69 Å². The van der Waals surface area contributed by atoms with E-state index < -0.39 is 0 Å². The molecule has 2 heterocycles. The van der Waals surface area contributed by atoms with Gasteiger partial charge in [0.25, 0.3) is 5.91 Å². The number of anilines is 1. The topological polar surface area (TPSA) is 81.0 Å². The fraction of sp³-hybridized carbons (Fsp3) is 0.304. The normalized spacial score (nSPS) is 16.4. The van der Waals surface area contributed by atoms with Gasteiger partial charge in [0.1, 0.15) is 5.69 Å². The zero-order chi connectivity index (χ0) is 20.2. The zero-order valence-electron chi connectivity index (χ0n) is 16.5. The summed E-state index contributed by atoms with van der Waals surface area (Å²) in [7, 11) is 0. The van der Waals surface area contributed by atoms with Crippen LogP contribution in [0.5, 0.6) is 0 Å². The Morgan fingerprint density at radius 1 is 1.00 bits per heavy atom. The summed E-state index contributed by atoms with van der Waals surface area (Å²) in [4.78, 5) is 32.6. The van der Waals surface area contributed by atoms with Gasteiger partial charge in [0.15, 0.2) is 0 Å². The molecule has 29 heavy (non-hydrogen) atoms. The van der Waals surface area contributed by atoms with Crippen molar-refractivity contribution in [1.82, 2.24) is 14.9 Å². The second-order valence-corrected chi connectivity index (χ2v) is 7.58. The van der Waals surface area contributed by atoms with Gasteiger partial charge in [-0.25, -0.2) is 4.79 Å². The molecular formula is C23H26N4O2. The van der Waals surface area contributed by atoms with E-state index >= 15 is 0 Å². The predicted octanol–water partition coefficient (Wildman–Crippen LogP) is 3.90. The Morgan fingerprint density at radius 3 is 2.28 bits per heavy atom. The number of piperidine rings is 1. The van der Waals surface area contributed by atoms with Gasteiger partial charge in [-0.1, -0.05) is 48.5 Å². The number of amides is 1. The predicted molar refractivity (Wildman–Crippen MR) is 114 cm³/mol. The van der Waals surface area contributed by atoms with Crippen LogP contribution in [-0.4, -0.2) is 33.9 Å². The molecule has 1 aliphatic heterocycles. The number of rotatable bonds is 5. The van der Waals surface area contributed by atoms with Gasteiger partial charge in [-0.05, 0) is 56.5 Å².